The Hall–Kier alpha value is -3.71. The number of tetrazole rings is 1. The van der Waals surface area contributed by atoms with Crippen LogP contribution in [0.4, 0.5) is 0 Å². The zero-order valence-electron chi connectivity index (χ0n) is 15.9. The Balaban J connectivity index is 1.47. The summed E-state index contributed by atoms with van der Waals surface area (Å²) in [4.78, 5) is 16.8. The van der Waals surface area contributed by atoms with Crippen molar-refractivity contribution in [2.45, 2.75) is 5.16 Å². The lowest BCUT2D eigenvalue weighted by molar-refractivity contribution is 0.102. The topological polar surface area (TPSA) is 76.5 Å². The molecule has 0 fully saturated rings. The maximum atomic E-state index is 13.3. The first kappa shape index (κ1) is 18.3. The van der Waals surface area contributed by atoms with Crippen molar-refractivity contribution in [3.05, 3.63) is 90.5 Å². The average Bonchev–Trinajstić information content (AvgIpc) is 3.43. The number of nitrogens with zero attached hydrogens (tertiary/aromatic N) is 4. The Bertz CT molecular complexity index is 1310. The number of H-pyrrole nitrogens is 1. The zero-order chi connectivity index (χ0) is 20.3. The van der Waals surface area contributed by atoms with Gasteiger partial charge in [0.15, 0.2) is 5.78 Å². The van der Waals surface area contributed by atoms with E-state index in [4.69, 9.17) is 0 Å². The van der Waals surface area contributed by atoms with Crippen LogP contribution in [0, 0.1) is 0 Å². The number of rotatable bonds is 6. The summed E-state index contributed by atoms with van der Waals surface area (Å²) < 4.78 is 1.64. The van der Waals surface area contributed by atoms with Crippen LogP contribution in [-0.4, -0.2) is 36.7 Å². The molecule has 1 N–H and O–H groups in total. The summed E-state index contributed by atoms with van der Waals surface area (Å²) in [6, 6.07) is 27.4. The van der Waals surface area contributed by atoms with Gasteiger partial charge < -0.3 is 4.98 Å². The fourth-order valence-electron chi connectivity index (χ4n) is 3.46. The van der Waals surface area contributed by atoms with E-state index in [1.54, 1.807) is 4.68 Å². The summed E-state index contributed by atoms with van der Waals surface area (Å²) in [5.74, 6) is 0.258. The van der Waals surface area contributed by atoms with Gasteiger partial charge >= 0.3 is 0 Å². The van der Waals surface area contributed by atoms with Gasteiger partial charge in [0.2, 0.25) is 5.16 Å². The number of nitrogens with one attached hydrogen (secondary N) is 1. The van der Waals surface area contributed by atoms with Crippen molar-refractivity contribution in [3.8, 4) is 16.9 Å². The Morgan fingerprint density at radius 1 is 0.900 bits per heavy atom. The predicted molar refractivity (Wildman–Crippen MR) is 118 cm³/mol. The van der Waals surface area contributed by atoms with Crippen molar-refractivity contribution in [2.24, 2.45) is 0 Å². The van der Waals surface area contributed by atoms with Crippen LogP contribution in [0.1, 0.15) is 10.4 Å². The molecule has 2 heterocycles. The van der Waals surface area contributed by atoms with Crippen LogP contribution in [0.15, 0.2) is 90.1 Å². The molecule has 0 spiro atoms. The quantitative estimate of drug-likeness (QED) is 0.321. The van der Waals surface area contributed by atoms with Crippen molar-refractivity contribution in [1.29, 1.82) is 0 Å². The molecule has 3 aromatic carbocycles. The molecule has 0 atom stereocenters. The molecule has 0 aliphatic rings. The fraction of sp³-hybridized carbons (Fsp3) is 0.0435. The SMILES string of the molecule is O=C(CSc1nnnn1-c1ccccc1)c1c(-c2ccccc2)[nH]c2ccccc12. The Labute approximate surface area is 176 Å². The average molecular weight is 411 g/mol. The molecule has 7 heteroatoms. The summed E-state index contributed by atoms with van der Waals surface area (Å²) in [7, 11) is 0. The number of fused-ring (bicyclic) bond motifs is 1. The molecule has 6 nitrogen and oxygen atoms in total. The second-order valence-electron chi connectivity index (χ2n) is 6.71. The summed E-state index contributed by atoms with van der Waals surface area (Å²) >= 11 is 1.33. The number of para-hydroxylation sites is 2. The van der Waals surface area contributed by atoms with E-state index in [0.717, 1.165) is 27.8 Å². The molecular weight excluding hydrogens is 394 g/mol. The third kappa shape index (κ3) is 3.40. The number of thioether (sulfide) groups is 1. The maximum Gasteiger partial charge on any atom is 0.214 e. The smallest absolute Gasteiger partial charge is 0.214 e. The lowest BCUT2D eigenvalue weighted by Gasteiger charge is -2.06. The van der Waals surface area contributed by atoms with Crippen LogP contribution >= 0.6 is 11.8 Å². The zero-order valence-corrected chi connectivity index (χ0v) is 16.7. The van der Waals surface area contributed by atoms with Gasteiger partial charge in [0.05, 0.1) is 22.7 Å². The lowest BCUT2D eigenvalue weighted by atomic mass is 10.0. The van der Waals surface area contributed by atoms with Gasteiger partial charge in [-0.25, -0.2) is 0 Å². The minimum Gasteiger partial charge on any atom is -0.354 e. The number of hydrogen-bond donors (Lipinski definition) is 1. The van der Waals surface area contributed by atoms with Gasteiger partial charge in [-0.05, 0) is 34.2 Å². The third-order valence-electron chi connectivity index (χ3n) is 4.82. The van der Waals surface area contributed by atoms with E-state index < -0.39 is 0 Å². The van der Waals surface area contributed by atoms with Crippen molar-refractivity contribution in [3.63, 3.8) is 0 Å². The molecule has 5 rings (SSSR count). The van der Waals surface area contributed by atoms with E-state index in [2.05, 4.69) is 20.5 Å². The second kappa shape index (κ2) is 7.96. The molecule has 0 unspecified atom stereocenters. The van der Waals surface area contributed by atoms with Crippen LogP contribution in [0.25, 0.3) is 27.8 Å². The molecule has 0 aliphatic heterocycles. The number of benzene rings is 3. The van der Waals surface area contributed by atoms with Crippen LogP contribution in [0.2, 0.25) is 0 Å². The first-order valence-electron chi connectivity index (χ1n) is 9.47. The summed E-state index contributed by atoms with van der Waals surface area (Å²) in [6.45, 7) is 0. The van der Waals surface area contributed by atoms with Gasteiger partial charge in [-0.15, -0.1) is 5.10 Å². The maximum absolute atomic E-state index is 13.3. The summed E-state index contributed by atoms with van der Waals surface area (Å²) in [5.41, 5.74) is 4.32. The van der Waals surface area contributed by atoms with Crippen molar-refractivity contribution in [1.82, 2.24) is 25.2 Å². The number of ketones is 1. The van der Waals surface area contributed by atoms with Gasteiger partial charge in [0, 0.05) is 10.9 Å². The van der Waals surface area contributed by atoms with Crippen LogP contribution in [0.3, 0.4) is 0 Å². The Morgan fingerprint density at radius 3 is 2.40 bits per heavy atom. The molecule has 2 aromatic heterocycles. The van der Waals surface area contributed by atoms with E-state index in [9.17, 15) is 4.79 Å². The summed E-state index contributed by atoms with van der Waals surface area (Å²) in [6.07, 6.45) is 0. The highest BCUT2D eigenvalue weighted by atomic mass is 32.2. The van der Waals surface area contributed by atoms with Crippen molar-refractivity contribution >= 4 is 28.4 Å². The minimum atomic E-state index is 0.0268. The number of Topliss-reactive ketones (excluding diaryl/α,β-unsaturated/α-hetero) is 1. The minimum absolute atomic E-state index is 0.0268. The normalized spacial score (nSPS) is 11.1. The van der Waals surface area contributed by atoms with Crippen LogP contribution < -0.4 is 0 Å². The first-order chi connectivity index (χ1) is 14.8. The fourth-order valence-corrected chi connectivity index (χ4v) is 4.22. The lowest BCUT2D eigenvalue weighted by Crippen LogP contribution is -2.06. The molecule has 0 radical (unpaired) electrons. The van der Waals surface area contributed by atoms with E-state index in [1.807, 2.05) is 84.9 Å². The molecule has 0 amide bonds. The van der Waals surface area contributed by atoms with Gasteiger partial charge in [0.25, 0.3) is 0 Å². The molecule has 30 heavy (non-hydrogen) atoms. The van der Waals surface area contributed by atoms with Gasteiger partial charge in [-0.3, -0.25) is 4.79 Å². The molecule has 0 aliphatic carbocycles. The van der Waals surface area contributed by atoms with Gasteiger partial charge in [0.1, 0.15) is 0 Å². The van der Waals surface area contributed by atoms with Crippen LogP contribution in [0.5, 0.6) is 0 Å². The monoisotopic (exact) mass is 411 g/mol. The number of aromatic amines is 1. The number of carbonyl (C=O) groups excluding carboxylic acids is 1. The van der Waals surface area contributed by atoms with Crippen molar-refractivity contribution < 1.29 is 4.79 Å². The Morgan fingerprint density at radius 2 is 1.60 bits per heavy atom. The highest BCUT2D eigenvalue weighted by Gasteiger charge is 2.21. The predicted octanol–water partition coefficient (Wildman–Crippen LogP) is 4.79. The van der Waals surface area contributed by atoms with E-state index in [-0.39, 0.29) is 11.5 Å². The molecule has 5 aromatic rings. The van der Waals surface area contributed by atoms with Crippen molar-refractivity contribution in [2.75, 3.05) is 5.75 Å². The van der Waals surface area contributed by atoms with Gasteiger partial charge in [-0.2, -0.15) is 4.68 Å². The standard InChI is InChI=1S/C23H17N5OS/c29-20(15-30-23-25-26-27-28(23)17-11-5-2-6-12-17)21-18-13-7-8-14-19(18)24-22(21)16-9-3-1-4-10-16/h1-14,24H,15H2. The third-order valence-corrected chi connectivity index (χ3v) is 5.74. The van der Waals surface area contributed by atoms with Crippen LogP contribution in [-0.2, 0) is 0 Å². The molecule has 146 valence electrons. The van der Waals surface area contributed by atoms with E-state index >= 15 is 0 Å². The molecular formula is C23H17N5OS. The van der Waals surface area contributed by atoms with Gasteiger partial charge in [-0.1, -0.05) is 78.5 Å². The van der Waals surface area contributed by atoms with E-state index in [1.165, 1.54) is 11.8 Å². The number of aromatic nitrogens is 5. The summed E-state index contributed by atoms with van der Waals surface area (Å²) in [5, 5.41) is 13.4. The number of hydrogen-bond acceptors (Lipinski definition) is 5. The first-order valence-corrected chi connectivity index (χ1v) is 10.5. The molecule has 0 saturated heterocycles. The molecule has 0 bridgehead atoms. The molecule has 0 saturated carbocycles. The highest BCUT2D eigenvalue weighted by molar-refractivity contribution is 7.99. The second-order valence-corrected chi connectivity index (χ2v) is 7.65. The van der Waals surface area contributed by atoms with E-state index in [0.29, 0.717) is 10.7 Å². The highest BCUT2D eigenvalue weighted by Crippen LogP contribution is 2.32. The Kier molecular flexibility index (Phi) is 4.86. The largest absolute Gasteiger partial charge is 0.354 e. The number of carbonyl (C=O) groups is 1.